The van der Waals surface area contributed by atoms with E-state index in [4.69, 9.17) is 0 Å². The molecule has 126 valence electrons. The number of nitrogens with one attached hydrogen (secondary N) is 1. The van der Waals surface area contributed by atoms with Crippen LogP contribution in [0.5, 0.6) is 0 Å². The molecule has 1 aromatic carbocycles. The fourth-order valence-corrected chi connectivity index (χ4v) is 3.12. The van der Waals surface area contributed by atoms with Crippen LogP contribution in [-0.2, 0) is 6.54 Å². The largest absolute Gasteiger partial charge is 0.317 e. The Balaban J connectivity index is 0.00000192. The third-order valence-corrected chi connectivity index (χ3v) is 4.45. The van der Waals surface area contributed by atoms with Gasteiger partial charge < -0.3 is 5.32 Å². The number of hydrogen-bond acceptors (Lipinski definition) is 3. The van der Waals surface area contributed by atoms with E-state index in [0.29, 0.717) is 0 Å². The number of hydrogen-bond donors (Lipinski definition) is 1. The number of piperidine rings is 1. The lowest BCUT2D eigenvalue weighted by molar-refractivity contribution is 0.176. The number of likely N-dealkylation sites (tertiary alicyclic amines) is 1. The molecule has 3 rings (SSSR count). The van der Waals surface area contributed by atoms with Crippen molar-refractivity contribution in [3.8, 4) is 5.69 Å². The van der Waals surface area contributed by atoms with Crippen LogP contribution in [0.4, 0.5) is 0 Å². The van der Waals surface area contributed by atoms with Crippen LogP contribution >= 0.6 is 12.4 Å². The molecule has 0 atom stereocenters. The zero-order valence-electron chi connectivity index (χ0n) is 13.8. The van der Waals surface area contributed by atoms with Gasteiger partial charge >= 0.3 is 0 Å². The number of nitrogens with zero attached hydrogens (tertiary/aromatic N) is 3. The van der Waals surface area contributed by atoms with Crippen LogP contribution in [0, 0.1) is 5.92 Å². The molecule has 1 aliphatic heterocycles. The molecule has 2 heterocycles. The Morgan fingerprint density at radius 2 is 1.91 bits per heavy atom. The van der Waals surface area contributed by atoms with Gasteiger partial charge in [0.2, 0.25) is 0 Å². The molecule has 0 unspecified atom stereocenters. The molecule has 0 radical (unpaired) electrons. The second-order valence-corrected chi connectivity index (χ2v) is 6.16. The zero-order valence-corrected chi connectivity index (χ0v) is 14.6. The van der Waals surface area contributed by atoms with Crippen LogP contribution in [0.3, 0.4) is 0 Å². The highest BCUT2D eigenvalue weighted by molar-refractivity contribution is 5.85. The van der Waals surface area contributed by atoms with Crippen molar-refractivity contribution in [1.82, 2.24) is 20.0 Å². The molecule has 2 aromatic rings. The lowest BCUT2D eigenvalue weighted by Gasteiger charge is -2.31. The standard InChI is InChI=1S/C18H26N4.ClH/c1-2-19-12-16-8-10-21(11-9-16)14-17-13-20-22(15-17)18-6-4-3-5-7-18;/h3-7,13,15-16,19H,2,8-12,14H2,1H3;1H. The molecule has 5 heteroatoms. The Labute approximate surface area is 145 Å². The van der Waals surface area contributed by atoms with Crippen LogP contribution in [0.15, 0.2) is 42.7 Å². The topological polar surface area (TPSA) is 33.1 Å². The van der Waals surface area contributed by atoms with Crippen LogP contribution < -0.4 is 5.32 Å². The summed E-state index contributed by atoms with van der Waals surface area (Å²) in [7, 11) is 0. The summed E-state index contributed by atoms with van der Waals surface area (Å²) in [5.41, 5.74) is 2.42. The fraction of sp³-hybridized carbons (Fsp3) is 0.500. The highest BCUT2D eigenvalue weighted by atomic mass is 35.5. The molecule has 0 spiro atoms. The maximum absolute atomic E-state index is 4.49. The van der Waals surface area contributed by atoms with E-state index in [1.54, 1.807) is 0 Å². The van der Waals surface area contributed by atoms with Crippen molar-refractivity contribution in [2.45, 2.75) is 26.3 Å². The molecule has 0 bridgehead atoms. The SMILES string of the molecule is CCNCC1CCN(Cc2cnn(-c3ccccc3)c2)CC1.Cl. The molecular weight excluding hydrogens is 308 g/mol. The molecular formula is C18H27ClN4. The summed E-state index contributed by atoms with van der Waals surface area (Å²) in [4.78, 5) is 2.55. The first-order valence-electron chi connectivity index (χ1n) is 8.37. The van der Waals surface area contributed by atoms with E-state index in [0.717, 1.165) is 24.7 Å². The fourth-order valence-electron chi connectivity index (χ4n) is 3.12. The van der Waals surface area contributed by atoms with Gasteiger partial charge in [0.25, 0.3) is 0 Å². The second kappa shape index (κ2) is 9.06. The third-order valence-electron chi connectivity index (χ3n) is 4.45. The first-order chi connectivity index (χ1) is 10.8. The number of rotatable bonds is 6. The summed E-state index contributed by atoms with van der Waals surface area (Å²) in [6.07, 6.45) is 6.76. The minimum absolute atomic E-state index is 0. The summed E-state index contributed by atoms with van der Waals surface area (Å²) in [6, 6.07) is 10.3. The predicted octanol–water partition coefficient (Wildman–Crippen LogP) is 3.12. The Hall–Kier alpha value is -1.36. The molecule has 1 saturated heterocycles. The zero-order chi connectivity index (χ0) is 15.2. The van der Waals surface area contributed by atoms with Crippen molar-refractivity contribution >= 4 is 12.4 Å². The molecule has 1 aliphatic rings. The first-order valence-corrected chi connectivity index (χ1v) is 8.37. The molecule has 0 amide bonds. The monoisotopic (exact) mass is 334 g/mol. The van der Waals surface area contributed by atoms with Gasteiger partial charge in [-0.3, -0.25) is 4.90 Å². The van der Waals surface area contributed by atoms with Crippen molar-refractivity contribution in [2.24, 2.45) is 5.92 Å². The summed E-state index contributed by atoms with van der Waals surface area (Å²) in [5, 5.41) is 7.96. The number of para-hydroxylation sites is 1. The van der Waals surface area contributed by atoms with Gasteiger partial charge in [-0.2, -0.15) is 5.10 Å². The summed E-state index contributed by atoms with van der Waals surface area (Å²) in [6.45, 7) is 7.86. The Kier molecular flexibility index (Phi) is 7.09. The smallest absolute Gasteiger partial charge is 0.0645 e. The molecule has 1 aromatic heterocycles. The van der Waals surface area contributed by atoms with Gasteiger partial charge in [0.05, 0.1) is 11.9 Å². The van der Waals surface area contributed by atoms with E-state index < -0.39 is 0 Å². The summed E-state index contributed by atoms with van der Waals surface area (Å²) >= 11 is 0. The maximum atomic E-state index is 4.49. The molecule has 1 fully saturated rings. The van der Waals surface area contributed by atoms with Crippen molar-refractivity contribution in [3.05, 3.63) is 48.3 Å². The van der Waals surface area contributed by atoms with Gasteiger partial charge in [-0.15, -0.1) is 12.4 Å². The Morgan fingerprint density at radius 1 is 1.17 bits per heavy atom. The average Bonchev–Trinajstić information content (AvgIpc) is 3.04. The van der Waals surface area contributed by atoms with E-state index in [1.807, 2.05) is 29.1 Å². The van der Waals surface area contributed by atoms with Crippen LogP contribution in [0.1, 0.15) is 25.3 Å². The van der Waals surface area contributed by atoms with Crippen molar-refractivity contribution in [1.29, 1.82) is 0 Å². The molecule has 1 N–H and O–H groups in total. The van der Waals surface area contributed by atoms with Gasteiger partial charge in [0.1, 0.15) is 0 Å². The first kappa shape index (κ1) is 18.0. The predicted molar refractivity (Wildman–Crippen MR) is 97.4 cm³/mol. The second-order valence-electron chi connectivity index (χ2n) is 6.16. The Bertz CT molecular complexity index is 561. The number of aromatic nitrogens is 2. The minimum Gasteiger partial charge on any atom is -0.317 e. The minimum atomic E-state index is 0. The number of benzene rings is 1. The van der Waals surface area contributed by atoms with Gasteiger partial charge in [-0.1, -0.05) is 25.1 Å². The van der Waals surface area contributed by atoms with Crippen LogP contribution in [0.2, 0.25) is 0 Å². The van der Waals surface area contributed by atoms with E-state index in [-0.39, 0.29) is 12.4 Å². The summed E-state index contributed by atoms with van der Waals surface area (Å²) < 4.78 is 1.97. The van der Waals surface area contributed by atoms with Crippen molar-refractivity contribution in [3.63, 3.8) is 0 Å². The van der Waals surface area contributed by atoms with Gasteiger partial charge in [-0.25, -0.2) is 4.68 Å². The highest BCUT2D eigenvalue weighted by Gasteiger charge is 2.19. The van der Waals surface area contributed by atoms with E-state index in [9.17, 15) is 0 Å². The lowest BCUT2D eigenvalue weighted by Crippen LogP contribution is -2.36. The Morgan fingerprint density at radius 3 is 2.61 bits per heavy atom. The van der Waals surface area contributed by atoms with Gasteiger partial charge in [-0.05, 0) is 57.1 Å². The molecule has 0 saturated carbocycles. The van der Waals surface area contributed by atoms with Crippen molar-refractivity contribution < 1.29 is 0 Å². The molecule has 0 aliphatic carbocycles. The van der Waals surface area contributed by atoms with E-state index in [2.05, 4.69) is 40.6 Å². The lowest BCUT2D eigenvalue weighted by atomic mass is 9.96. The normalized spacial score (nSPS) is 16.2. The highest BCUT2D eigenvalue weighted by Crippen LogP contribution is 2.18. The summed E-state index contributed by atoms with van der Waals surface area (Å²) in [5.74, 6) is 0.850. The van der Waals surface area contributed by atoms with Gasteiger partial charge in [0, 0.05) is 18.3 Å². The average molecular weight is 335 g/mol. The van der Waals surface area contributed by atoms with Crippen LogP contribution in [-0.4, -0.2) is 40.9 Å². The van der Waals surface area contributed by atoms with E-state index >= 15 is 0 Å². The number of halogens is 1. The van der Waals surface area contributed by atoms with Crippen LogP contribution in [0.25, 0.3) is 5.69 Å². The maximum Gasteiger partial charge on any atom is 0.0645 e. The molecule has 23 heavy (non-hydrogen) atoms. The van der Waals surface area contributed by atoms with E-state index in [1.165, 1.54) is 38.0 Å². The quantitative estimate of drug-likeness (QED) is 0.881. The van der Waals surface area contributed by atoms with Crippen molar-refractivity contribution in [2.75, 3.05) is 26.2 Å². The molecule has 4 nitrogen and oxygen atoms in total. The third kappa shape index (κ3) is 5.06. The van der Waals surface area contributed by atoms with Gasteiger partial charge in [0.15, 0.2) is 0 Å².